The fourth-order valence-corrected chi connectivity index (χ4v) is 0. The molecule has 0 rings (SSSR count). The molecule has 0 radical (unpaired) electrons. The van der Waals surface area contributed by atoms with Crippen molar-refractivity contribution in [1.82, 2.24) is 0 Å². The van der Waals surface area contributed by atoms with Crippen LogP contribution in [0.15, 0.2) is 0 Å². The number of aliphatic carboxylic acids is 2. The Morgan fingerprint density at radius 3 is 1.00 bits per heavy atom. The highest BCUT2D eigenvalue weighted by atomic mass is 16.4. The molecule has 4 N–H and O–H groups in total. The van der Waals surface area contributed by atoms with Gasteiger partial charge < -0.3 is 21.0 Å². The fourth-order valence-electron chi connectivity index (χ4n) is 0. The number of hydrogen-bond acceptors (Lipinski definition) is 4. The van der Waals surface area contributed by atoms with Gasteiger partial charge in [-0.15, -0.1) is 0 Å². The molecule has 0 amide bonds. The van der Waals surface area contributed by atoms with Gasteiger partial charge in [0.25, 0.3) is 0 Å². The Labute approximate surface area is 57.1 Å². The quantitative estimate of drug-likeness (QED) is 0.278. The molecule has 0 saturated heterocycles. The zero-order valence-electron chi connectivity index (χ0n) is 5.13. The highest BCUT2D eigenvalue weighted by molar-refractivity contribution is 6.27. The van der Waals surface area contributed by atoms with Gasteiger partial charge in [-0.2, -0.15) is 0 Å². The molecule has 10 heavy (non-hydrogen) atoms. The lowest BCUT2D eigenvalue weighted by Crippen LogP contribution is -2.09. The minimum atomic E-state index is -1.82. The van der Waals surface area contributed by atoms with Crippen molar-refractivity contribution in [3.63, 3.8) is 0 Å². The van der Waals surface area contributed by atoms with Crippen molar-refractivity contribution in [2.45, 2.75) is 0 Å². The van der Waals surface area contributed by atoms with E-state index in [4.69, 9.17) is 30.6 Å². The molecule has 0 saturated carbocycles. The normalized spacial score (nSPS) is 5.20. The second kappa shape index (κ2) is 15.7. The van der Waals surface area contributed by atoms with Gasteiger partial charge >= 0.3 is 11.9 Å². The average molecular weight is 148 g/mol. The summed E-state index contributed by atoms with van der Waals surface area (Å²) < 4.78 is 0. The molecule has 0 bridgehead atoms. The Morgan fingerprint density at radius 1 is 0.900 bits per heavy atom. The maximum atomic E-state index is 9.10. The highest BCUT2D eigenvalue weighted by Gasteiger charge is 2.04. The van der Waals surface area contributed by atoms with Crippen LogP contribution < -0.4 is 0 Å². The van der Waals surface area contributed by atoms with Crippen LogP contribution in [0.1, 0.15) is 0 Å². The molecule has 0 fully saturated rings. The van der Waals surface area contributed by atoms with E-state index in [0.717, 1.165) is 0 Å². The van der Waals surface area contributed by atoms with Crippen LogP contribution in [0.4, 0.5) is 0 Å². The summed E-state index contributed by atoms with van der Waals surface area (Å²) in [6, 6.07) is 0. The van der Waals surface area contributed by atoms with Crippen molar-refractivity contribution in [3.05, 3.63) is 0 Å². The van der Waals surface area contributed by atoms with Crippen molar-refractivity contribution in [2.75, 3.05) is 0 Å². The SMILES string of the molecule is C=N.C=N.O=C(O)C(=O)O. The van der Waals surface area contributed by atoms with E-state index >= 15 is 0 Å². The molecule has 0 spiro atoms. The Kier molecular flexibility index (Phi) is 24.7. The zero-order chi connectivity index (χ0) is 9.15. The molecular weight excluding hydrogens is 140 g/mol. The van der Waals surface area contributed by atoms with E-state index in [2.05, 4.69) is 13.4 Å². The van der Waals surface area contributed by atoms with Gasteiger partial charge in [0.15, 0.2) is 0 Å². The van der Waals surface area contributed by atoms with Crippen molar-refractivity contribution in [2.24, 2.45) is 0 Å². The van der Waals surface area contributed by atoms with Gasteiger partial charge in [-0.25, -0.2) is 9.59 Å². The molecule has 6 nitrogen and oxygen atoms in total. The van der Waals surface area contributed by atoms with Crippen LogP contribution in [-0.4, -0.2) is 35.6 Å². The number of carboxylic acids is 2. The largest absolute Gasteiger partial charge is 0.473 e. The van der Waals surface area contributed by atoms with E-state index in [0.29, 0.717) is 0 Å². The number of hydrogen-bond donors (Lipinski definition) is 4. The van der Waals surface area contributed by atoms with E-state index in [9.17, 15) is 0 Å². The summed E-state index contributed by atoms with van der Waals surface area (Å²) in [7, 11) is 0. The van der Waals surface area contributed by atoms with Gasteiger partial charge in [0.2, 0.25) is 0 Å². The maximum Gasteiger partial charge on any atom is 0.414 e. The summed E-state index contributed by atoms with van der Waals surface area (Å²) in [5, 5.41) is 25.8. The van der Waals surface area contributed by atoms with Gasteiger partial charge in [-0.05, 0) is 13.4 Å². The summed E-state index contributed by atoms with van der Waals surface area (Å²) in [4.78, 5) is 18.2. The van der Waals surface area contributed by atoms with Crippen LogP contribution in [-0.2, 0) is 9.59 Å². The first kappa shape index (κ1) is 15.7. The number of carbonyl (C=O) groups is 2. The molecule has 0 heterocycles. The molecule has 0 aliphatic carbocycles. The molecule has 0 aromatic rings. The summed E-state index contributed by atoms with van der Waals surface area (Å²) in [6.07, 6.45) is 0. The average Bonchev–Trinajstić information content (AvgIpc) is 1.96. The third-order valence-corrected chi connectivity index (χ3v) is 0.183. The van der Waals surface area contributed by atoms with Gasteiger partial charge in [0.1, 0.15) is 0 Å². The van der Waals surface area contributed by atoms with Crippen molar-refractivity contribution in [1.29, 1.82) is 10.8 Å². The lowest BCUT2D eigenvalue weighted by Gasteiger charge is -1.72. The predicted molar refractivity (Wildman–Crippen MR) is 35.0 cm³/mol. The van der Waals surface area contributed by atoms with E-state index in [1.165, 1.54) is 0 Å². The molecular formula is C4H8N2O4. The number of rotatable bonds is 0. The number of carboxylic acid groups (broad SMARTS) is 2. The zero-order valence-corrected chi connectivity index (χ0v) is 5.13. The Balaban J connectivity index is -0.000000105. The van der Waals surface area contributed by atoms with Crippen LogP contribution in [0.2, 0.25) is 0 Å². The van der Waals surface area contributed by atoms with E-state index in [1.807, 2.05) is 0 Å². The third-order valence-electron chi connectivity index (χ3n) is 0.183. The van der Waals surface area contributed by atoms with Crippen LogP contribution in [0.25, 0.3) is 0 Å². The minimum Gasteiger partial charge on any atom is -0.473 e. The lowest BCUT2D eigenvalue weighted by atomic mass is 10.7. The van der Waals surface area contributed by atoms with Gasteiger partial charge in [0.05, 0.1) is 0 Å². The van der Waals surface area contributed by atoms with Crippen molar-refractivity contribution >= 4 is 25.4 Å². The van der Waals surface area contributed by atoms with E-state index < -0.39 is 11.9 Å². The maximum absolute atomic E-state index is 9.10. The molecule has 0 aromatic heterocycles. The summed E-state index contributed by atoms with van der Waals surface area (Å²) >= 11 is 0. The van der Waals surface area contributed by atoms with Crippen LogP contribution in [0.5, 0.6) is 0 Å². The van der Waals surface area contributed by atoms with Crippen molar-refractivity contribution in [3.8, 4) is 0 Å². The predicted octanol–water partition coefficient (Wildman–Crippen LogP) is -0.313. The Bertz CT molecular complexity index is 99.8. The molecule has 0 atom stereocenters. The molecule has 0 unspecified atom stereocenters. The Morgan fingerprint density at radius 2 is 1.00 bits per heavy atom. The highest BCUT2D eigenvalue weighted by Crippen LogP contribution is 1.56. The molecule has 0 aromatic carbocycles. The van der Waals surface area contributed by atoms with Gasteiger partial charge in [0, 0.05) is 0 Å². The van der Waals surface area contributed by atoms with Crippen molar-refractivity contribution < 1.29 is 19.8 Å². The standard InChI is InChI=1S/C2H2O4.2CH3N/c3-1(4)2(5)6;2*1-2/h(H,3,4)(H,5,6);2*2H,1H2. The Hall–Kier alpha value is -1.72. The first-order valence-corrected chi connectivity index (χ1v) is 1.81. The van der Waals surface area contributed by atoms with Crippen LogP contribution >= 0.6 is 0 Å². The summed E-state index contributed by atoms with van der Waals surface area (Å²) in [5.74, 6) is -3.65. The van der Waals surface area contributed by atoms with Crippen LogP contribution in [0.3, 0.4) is 0 Å². The summed E-state index contributed by atoms with van der Waals surface area (Å²) in [6.45, 7) is 5.00. The third kappa shape index (κ3) is 33.7. The van der Waals surface area contributed by atoms with Crippen LogP contribution in [0, 0.1) is 10.8 Å². The van der Waals surface area contributed by atoms with Gasteiger partial charge in [-0.3, -0.25) is 0 Å². The molecule has 0 aliphatic heterocycles. The number of nitrogens with one attached hydrogen (secondary N) is 2. The second-order valence-electron chi connectivity index (χ2n) is 0.610. The second-order valence-corrected chi connectivity index (χ2v) is 0.610. The summed E-state index contributed by atoms with van der Waals surface area (Å²) in [5.41, 5.74) is 0. The smallest absolute Gasteiger partial charge is 0.414 e. The minimum absolute atomic E-state index is 1.82. The molecule has 0 aliphatic rings. The first-order chi connectivity index (χ1) is 4.64. The van der Waals surface area contributed by atoms with E-state index in [1.54, 1.807) is 0 Å². The molecule has 58 valence electrons. The first-order valence-electron chi connectivity index (χ1n) is 1.81. The van der Waals surface area contributed by atoms with E-state index in [-0.39, 0.29) is 0 Å². The lowest BCUT2D eigenvalue weighted by molar-refractivity contribution is -0.159. The van der Waals surface area contributed by atoms with Gasteiger partial charge in [-0.1, -0.05) is 0 Å². The monoisotopic (exact) mass is 148 g/mol. The topological polar surface area (TPSA) is 122 Å². The fraction of sp³-hybridized carbons (Fsp3) is 0. The molecule has 6 heteroatoms.